The normalized spacial score (nSPS) is 19.1. The maximum absolute atomic E-state index is 11.9. The van der Waals surface area contributed by atoms with E-state index in [0.29, 0.717) is 12.8 Å². The molecule has 1 aromatic rings. The number of hydrogen-bond donors (Lipinski definition) is 2. The van der Waals surface area contributed by atoms with Gasteiger partial charge < -0.3 is 0 Å². The van der Waals surface area contributed by atoms with E-state index in [0.717, 1.165) is 5.56 Å². The Morgan fingerprint density at radius 2 is 1.69 bits per heavy atom. The zero-order valence-corrected chi connectivity index (χ0v) is 16.5. The van der Waals surface area contributed by atoms with Crippen molar-refractivity contribution in [3.05, 3.63) is 35.4 Å². The quantitative estimate of drug-likeness (QED) is 0.763. The number of nitrogens with one attached hydrogen (secondary N) is 2. The third-order valence-electron chi connectivity index (χ3n) is 4.60. The highest BCUT2D eigenvalue weighted by atomic mass is 32.2. The molecular weight excluding hydrogens is 352 g/mol. The molecule has 0 aliphatic carbocycles. The van der Waals surface area contributed by atoms with Crippen LogP contribution in [0.5, 0.6) is 0 Å². The van der Waals surface area contributed by atoms with Crippen molar-refractivity contribution in [3.8, 4) is 0 Å². The summed E-state index contributed by atoms with van der Waals surface area (Å²) >= 11 is 0. The van der Waals surface area contributed by atoms with Gasteiger partial charge >= 0.3 is 0 Å². The molecule has 2 amide bonds. The van der Waals surface area contributed by atoms with Crippen molar-refractivity contribution in [3.63, 3.8) is 0 Å². The molecule has 1 atom stereocenters. The predicted octanol–water partition coefficient (Wildman–Crippen LogP) is 1.89. The van der Waals surface area contributed by atoms with Crippen LogP contribution in [0.4, 0.5) is 0 Å². The van der Waals surface area contributed by atoms with E-state index in [1.54, 1.807) is 0 Å². The molecule has 0 saturated carbocycles. The van der Waals surface area contributed by atoms with Crippen LogP contribution in [-0.4, -0.2) is 31.7 Å². The van der Waals surface area contributed by atoms with Crippen LogP contribution in [0.15, 0.2) is 24.3 Å². The highest BCUT2D eigenvalue weighted by molar-refractivity contribution is 7.91. The lowest BCUT2D eigenvalue weighted by Crippen LogP contribution is -2.42. The largest absolute Gasteiger partial charge is 0.273 e. The molecule has 26 heavy (non-hydrogen) atoms. The molecule has 1 heterocycles. The minimum absolute atomic E-state index is 0.0545. The van der Waals surface area contributed by atoms with Gasteiger partial charge in [0.1, 0.15) is 0 Å². The Balaban J connectivity index is 1.69. The number of hydrazine groups is 1. The molecule has 1 aromatic carbocycles. The Kier molecular flexibility index (Phi) is 6.44. The van der Waals surface area contributed by atoms with Crippen LogP contribution < -0.4 is 10.9 Å². The van der Waals surface area contributed by atoms with Gasteiger partial charge in [0.2, 0.25) is 11.8 Å². The Labute approximate surface area is 155 Å². The summed E-state index contributed by atoms with van der Waals surface area (Å²) < 4.78 is 22.8. The third kappa shape index (κ3) is 6.44. The third-order valence-corrected chi connectivity index (χ3v) is 6.44. The molecule has 1 unspecified atom stereocenters. The van der Waals surface area contributed by atoms with E-state index >= 15 is 0 Å². The lowest BCUT2D eigenvalue weighted by atomic mass is 9.86. The van der Waals surface area contributed by atoms with Crippen molar-refractivity contribution in [1.29, 1.82) is 0 Å². The average Bonchev–Trinajstić information content (AvgIpc) is 2.89. The van der Waals surface area contributed by atoms with Gasteiger partial charge in [-0.15, -0.1) is 0 Å². The van der Waals surface area contributed by atoms with Crippen molar-refractivity contribution in [2.45, 2.75) is 51.9 Å². The lowest BCUT2D eigenvalue weighted by Gasteiger charge is -2.19. The number of hydrogen-bond acceptors (Lipinski definition) is 4. The van der Waals surface area contributed by atoms with Crippen LogP contribution in [0.25, 0.3) is 0 Å². The number of benzene rings is 1. The van der Waals surface area contributed by atoms with Crippen molar-refractivity contribution in [2.24, 2.45) is 5.92 Å². The fraction of sp³-hybridized carbons (Fsp3) is 0.579. The second-order valence-corrected chi connectivity index (χ2v) is 10.2. The minimum atomic E-state index is -2.99. The van der Waals surface area contributed by atoms with Crippen molar-refractivity contribution in [2.75, 3.05) is 11.5 Å². The number of sulfone groups is 1. The van der Waals surface area contributed by atoms with E-state index in [4.69, 9.17) is 0 Å². The summed E-state index contributed by atoms with van der Waals surface area (Å²) in [5.41, 5.74) is 7.17. The van der Waals surface area contributed by atoms with Crippen molar-refractivity contribution in [1.82, 2.24) is 10.9 Å². The smallest absolute Gasteiger partial charge is 0.238 e. The molecule has 144 valence electrons. The molecule has 0 radical (unpaired) electrons. The molecule has 2 N–H and O–H groups in total. The number of carbonyl (C=O) groups excluding carboxylic acids is 2. The molecule has 1 fully saturated rings. The maximum Gasteiger partial charge on any atom is 0.238 e. The number of aryl methyl sites for hydroxylation is 1. The fourth-order valence-electron chi connectivity index (χ4n) is 2.98. The molecule has 1 saturated heterocycles. The van der Waals surface area contributed by atoms with Gasteiger partial charge in [-0.3, -0.25) is 20.4 Å². The summed E-state index contributed by atoms with van der Waals surface area (Å²) in [6.07, 6.45) is 1.49. The topological polar surface area (TPSA) is 92.3 Å². The van der Waals surface area contributed by atoms with E-state index < -0.39 is 9.84 Å². The Morgan fingerprint density at radius 1 is 1.08 bits per heavy atom. The van der Waals surface area contributed by atoms with Crippen LogP contribution in [0.1, 0.15) is 51.2 Å². The van der Waals surface area contributed by atoms with Crippen LogP contribution >= 0.6 is 0 Å². The highest BCUT2D eigenvalue weighted by Crippen LogP contribution is 2.22. The van der Waals surface area contributed by atoms with Crippen molar-refractivity contribution >= 4 is 21.7 Å². The lowest BCUT2D eigenvalue weighted by molar-refractivity contribution is -0.129. The van der Waals surface area contributed by atoms with Gasteiger partial charge in [-0.05, 0) is 35.3 Å². The predicted molar refractivity (Wildman–Crippen MR) is 101 cm³/mol. The monoisotopic (exact) mass is 380 g/mol. The molecule has 6 nitrogen and oxygen atoms in total. The number of rotatable bonds is 5. The molecular formula is C19H28N2O4S. The molecule has 0 spiro atoms. The van der Waals surface area contributed by atoms with Gasteiger partial charge in [0.15, 0.2) is 9.84 Å². The molecule has 1 aliphatic heterocycles. The Bertz CT molecular complexity index is 749. The van der Waals surface area contributed by atoms with E-state index in [2.05, 4.69) is 43.8 Å². The van der Waals surface area contributed by atoms with Crippen LogP contribution in [0.3, 0.4) is 0 Å². The first-order valence-corrected chi connectivity index (χ1v) is 10.7. The summed E-state index contributed by atoms with van der Waals surface area (Å²) in [7, 11) is -2.99. The summed E-state index contributed by atoms with van der Waals surface area (Å²) in [6.45, 7) is 6.46. The Morgan fingerprint density at radius 3 is 2.23 bits per heavy atom. The first kappa shape index (κ1) is 20.4. The van der Waals surface area contributed by atoms with Gasteiger partial charge in [-0.1, -0.05) is 45.0 Å². The van der Waals surface area contributed by atoms with Crippen LogP contribution in [0.2, 0.25) is 0 Å². The fourth-order valence-corrected chi connectivity index (χ4v) is 4.84. The van der Waals surface area contributed by atoms with Gasteiger partial charge in [0, 0.05) is 12.8 Å². The van der Waals surface area contributed by atoms with E-state index in [9.17, 15) is 18.0 Å². The van der Waals surface area contributed by atoms with E-state index in [1.807, 2.05) is 12.1 Å². The molecule has 0 aromatic heterocycles. The zero-order valence-electron chi connectivity index (χ0n) is 15.7. The molecule has 7 heteroatoms. The SMILES string of the molecule is CC(C)(C)c1ccc(CCC(=O)NNC(=O)CC2CCS(=O)(=O)C2)cc1. The number of amides is 2. The second-order valence-electron chi connectivity index (χ2n) is 8.02. The first-order chi connectivity index (χ1) is 12.0. The minimum Gasteiger partial charge on any atom is -0.273 e. The summed E-state index contributed by atoms with van der Waals surface area (Å²) in [5, 5.41) is 0. The van der Waals surface area contributed by atoms with E-state index in [-0.39, 0.29) is 47.5 Å². The van der Waals surface area contributed by atoms with Gasteiger partial charge in [-0.25, -0.2) is 8.42 Å². The van der Waals surface area contributed by atoms with E-state index in [1.165, 1.54) is 5.56 Å². The maximum atomic E-state index is 11.9. The summed E-state index contributed by atoms with van der Waals surface area (Å²) in [5.74, 6) is -0.574. The highest BCUT2D eigenvalue weighted by Gasteiger charge is 2.29. The van der Waals surface area contributed by atoms with Gasteiger partial charge in [-0.2, -0.15) is 0 Å². The Hall–Kier alpha value is -1.89. The second kappa shape index (κ2) is 8.20. The summed E-state index contributed by atoms with van der Waals surface area (Å²) in [4.78, 5) is 23.7. The van der Waals surface area contributed by atoms with Gasteiger partial charge in [0.05, 0.1) is 11.5 Å². The standard InChI is InChI=1S/C19H28N2O4S/c1-19(2,3)16-7-4-14(5-8-16)6-9-17(22)20-21-18(23)12-15-10-11-26(24,25)13-15/h4-5,7-8,15H,6,9-13H2,1-3H3,(H,20,22)(H,21,23). The van der Waals surface area contributed by atoms with Crippen LogP contribution in [0, 0.1) is 5.92 Å². The first-order valence-electron chi connectivity index (χ1n) is 8.93. The van der Waals surface area contributed by atoms with Crippen LogP contribution in [-0.2, 0) is 31.3 Å². The number of carbonyl (C=O) groups is 2. The van der Waals surface area contributed by atoms with Gasteiger partial charge in [0.25, 0.3) is 0 Å². The average molecular weight is 381 g/mol. The molecule has 1 aliphatic rings. The molecule has 0 bridgehead atoms. The zero-order chi connectivity index (χ0) is 19.4. The summed E-state index contributed by atoms with van der Waals surface area (Å²) in [6, 6.07) is 8.19. The van der Waals surface area contributed by atoms with Crippen molar-refractivity contribution < 1.29 is 18.0 Å². The molecule has 2 rings (SSSR count).